The molecule has 20 heavy (non-hydrogen) atoms. The first-order valence-corrected chi connectivity index (χ1v) is 6.63. The van der Waals surface area contributed by atoms with Crippen LogP contribution in [0.2, 0.25) is 5.02 Å². The quantitative estimate of drug-likeness (QED) is 0.695. The number of hydrogen-bond donors (Lipinski definition) is 2. The third-order valence-electron chi connectivity index (χ3n) is 2.58. The average molecular weight is 366 g/mol. The van der Waals surface area contributed by atoms with Crippen molar-refractivity contribution in [2.24, 2.45) is 0 Å². The van der Waals surface area contributed by atoms with Crippen LogP contribution in [-0.2, 0) is 6.18 Å². The van der Waals surface area contributed by atoms with Crippen molar-refractivity contribution >= 4 is 44.6 Å². The van der Waals surface area contributed by atoms with Crippen molar-refractivity contribution < 1.29 is 13.2 Å². The lowest BCUT2D eigenvalue weighted by atomic mass is 10.2. The van der Waals surface area contributed by atoms with Crippen LogP contribution in [0.25, 0.3) is 0 Å². The monoisotopic (exact) mass is 364 g/mol. The van der Waals surface area contributed by atoms with Crippen molar-refractivity contribution in [2.45, 2.75) is 6.18 Å². The third kappa shape index (κ3) is 3.37. The molecule has 0 fully saturated rings. The smallest absolute Gasteiger partial charge is 0.397 e. The highest BCUT2D eigenvalue weighted by molar-refractivity contribution is 9.10. The predicted molar refractivity (Wildman–Crippen MR) is 78.3 cm³/mol. The second-order valence-corrected chi connectivity index (χ2v) is 5.34. The molecule has 0 amide bonds. The molecule has 0 aliphatic heterocycles. The fourth-order valence-corrected chi connectivity index (χ4v) is 2.12. The molecule has 0 aromatic heterocycles. The van der Waals surface area contributed by atoms with Gasteiger partial charge in [-0.05, 0) is 52.3 Å². The van der Waals surface area contributed by atoms with E-state index in [0.717, 1.165) is 12.1 Å². The fourth-order valence-electron chi connectivity index (χ4n) is 1.59. The highest BCUT2D eigenvalue weighted by Crippen LogP contribution is 2.36. The number of nitrogen functional groups attached to an aromatic ring is 1. The first-order chi connectivity index (χ1) is 9.27. The Morgan fingerprint density at radius 1 is 1.05 bits per heavy atom. The minimum Gasteiger partial charge on any atom is -0.397 e. The van der Waals surface area contributed by atoms with Gasteiger partial charge in [0.25, 0.3) is 0 Å². The van der Waals surface area contributed by atoms with Gasteiger partial charge in [0.15, 0.2) is 0 Å². The molecular formula is C13H9BrClF3N2. The van der Waals surface area contributed by atoms with Crippen LogP contribution in [0.5, 0.6) is 0 Å². The molecule has 3 N–H and O–H groups in total. The summed E-state index contributed by atoms with van der Waals surface area (Å²) in [5.41, 5.74) is 6.12. The van der Waals surface area contributed by atoms with Crippen molar-refractivity contribution in [3.8, 4) is 0 Å². The van der Waals surface area contributed by atoms with Crippen LogP contribution < -0.4 is 11.1 Å². The van der Waals surface area contributed by atoms with Crippen LogP contribution in [0.1, 0.15) is 5.56 Å². The first-order valence-electron chi connectivity index (χ1n) is 5.46. The molecule has 0 saturated carbocycles. The lowest BCUT2D eigenvalue weighted by molar-refractivity contribution is -0.137. The number of alkyl halides is 3. The minimum atomic E-state index is -4.40. The zero-order chi connectivity index (χ0) is 14.9. The predicted octanol–water partition coefficient (Wildman–Crippen LogP) is 5.45. The molecule has 0 radical (unpaired) electrons. The van der Waals surface area contributed by atoms with Crippen LogP contribution in [0, 0.1) is 0 Å². The second-order valence-electron chi connectivity index (χ2n) is 4.05. The van der Waals surface area contributed by atoms with Gasteiger partial charge < -0.3 is 11.1 Å². The van der Waals surface area contributed by atoms with Crippen LogP contribution in [0.4, 0.5) is 30.2 Å². The van der Waals surface area contributed by atoms with Crippen molar-refractivity contribution in [2.75, 3.05) is 11.1 Å². The van der Waals surface area contributed by atoms with E-state index in [9.17, 15) is 13.2 Å². The highest BCUT2D eigenvalue weighted by atomic mass is 79.9. The number of benzene rings is 2. The summed E-state index contributed by atoms with van der Waals surface area (Å²) in [4.78, 5) is 0. The summed E-state index contributed by atoms with van der Waals surface area (Å²) in [5.74, 6) is 0. The van der Waals surface area contributed by atoms with Gasteiger partial charge in [0.2, 0.25) is 0 Å². The van der Waals surface area contributed by atoms with Crippen LogP contribution in [0.3, 0.4) is 0 Å². The largest absolute Gasteiger partial charge is 0.416 e. The van der Waals surface area contributed by atoms with Gasteiger partial charge in [0.05, 0.1) is 22.6 Å². The lowest BCUT2D eigenvalue weighted by Crippen LogP contribution is -2.06. The summed E-state index contributed by atoms with van der Waals surface area (Å²) >= 11 is 8.97. The standard InChI is InChI=1S/C13H9BrClF3N2/c14-9-3-1-7(13(16,17)18)5-12(9)20-11-4-2-8(15)6-10(11)19/h1-6,20H,19H2. The van der Waals surface area contributed by atoms with E-state index in [4.69, 9.17) is 17.3 Å². The Labute approximate surface area is 126 Å². The van der Waals surface area contributed by atoms with Gasteiger partial charge in [-0.2, -0.15) is 13.2 Å². The van der Waals surface area contributed by atoms with E-state index in [2.05, 4.69) is 21.2 Å². The van der Waals surface area contributed by atoms with Gasteiger partial charge in [-0.15, -0.1) is 0 Å². The van der Waals surface area contributed by atoms with E-state index in [1.807, 2.05) is 0 Å². The summed E-state index contributed by atoms with van der Waals surface area (Å²) in [6, 6.07) is 8.06. The number of rotatable bonds is 2. The van der Waals surface area contributed by atoms with Gasteiger partial charge in [-0.25, -0.2) is 0 Å². The summed E-state index contributed by atoms with van der Waals surface area (Å²) in [6.07, 6.45) is -4.40. The van der Waals surface area contributed by atoms with E-state index in [-0.39, 0.29) is 5.69 Å². The second kappa shape index (κ2) is 5.54. The summed E-state index contributed by atoms with van der Waals surface area (Å²) in [6.45, 7) is 0. The number of nitrogens with two attached hydrogens (primary N) is 1. The highest BCUT2D eigenvalue weighted by Gasteiger charge is 2.30. The number of halogens is 5. The van der Waals surface area contributed by atoms with Gasteiger partial charge in [-0.3, -0.25) is 0 Å². The van der Waals surface area contributed by atoms with Crippen molar-refractivity contribution in [3.05, 3.63) is 51.5 Å². The van der Waals surface area contributed by atoms with Gasteiger partial charge in [-0.1, -0.05) is 11.6 Å². The topological polar surface area (TPSA) is 38.0 Å². The minimum absolute atomic E-state index is 0.272. The van der Waals surface area contributed by atoms with Crippen LogP contribution >= 0.6 is 27.5 Å². The molecule has 0 saturated heterocycles. The molecule has 0 aliphatic rings. The molecule has 0 aliphatic carbocycles. The molecule has 7 heteroatoms. The Balaban J connectivity index is 2.38. The average Bonchev–Trinajstić information content (AvgIpc) is 2.33. The Morgan fingerprint density at radius 3 is 2.35 bits per heavy atom. The molecule has 2 nitrogen and oxygen atoms in total. The molecule has 2 rings (SSSR count). The number of anilines is 3. The summed E-state index contributed by atoms with van der Waals surface area (Å²) in [5, 5.41) is 3.30. The van der Waals surface area contributed by atoms with Gasteiger partial charge in [0.1, 0.15) is 0 Å². The van der Waals surface area contributed by atoms with Gasteiger partial charge in [0, 0.05) is 9.50 Å². The Bertz CT molecular complexity index is 644. The SMILES string of the molecule is Nc1cc(Cl)ccc1Nc1cc(C(F)(F)F)ccc1Br. The Hall–Kier alpha value is -1.40. The maximum Gasteiger partial charge on any atom is 0.416 e. The molecule has 0 atom stereocenters. The number of hydrogen-bond acceptors (Lipinski definition) is 2. The normalized spacial score (nSPS) is 11.4. The van der Waals surface area contributed by atoms with E-state index in [1.165, 1.54) is 12.1 Å². The lowest BCUT2D eigenvalue weighted by Gasteiger charge is -2.14. The first kappa shape index (κ1) is 15.0. The Kier molecular flexibility index (Phi) is 4.15. The van der Waals surface area contributed by atoms with E-state index < -0.39 is 11.7 Å². The van der Waals surface area contributed by atoms with Crippen LogP contribution in [0.15, 0.2) is 40.9 Å². The van der Waals surface area contributed by atoms with Crippen molar-refractivity contribution in [3.63, 3.8) is 0 Å². The maximum atomic E-state index is 12.7. The summed E-state index contributed by atoms with van der Waals surface area (Å²) < 4.78 is 38.6. The van der Waals surface area contributed by atoms with Crippen molar-refractivity contribution in [1.82, 2.24) is 0 Å². The van der Waals surface area contributed by atoms with E-state index in [0.29, 0.717) is 20.9 Å². The van der Waals surface area contributed by atoms with E-state index in [1.54, 1.807) is 12.1 Å². The molecule has 0 heterocycles. The van der Waals surface area contributed by atoms with Gasteiger partial charge >= 0.3 is 6.18 Å². The van der Waals surface area contributed by atoms with Crippen molar-refractivity contribution in [1.29, 1.82) is 0 Å². The zero-order valence-electron chi connectivity index (χ0n) is 9.93. The maximum absolute atomic E-state index is 12.7. The number of nitrogens with one attached hydrogen (secondary N) is 1. The molecule has 0 spiro atoms. The molecule has 0 unspecified atom stereocenters. The van der Waals surface area contributed by atoms with E-state index >= 15 is 0 Å². The molecule has 2 aromatic carbocycles. The fraction of sp³-hybridized carbons (Fsp3) is 0.0769. The summed E-state index contributed by atoms with van der Waals surface area (Å²) in [7, 11) is 0. The molecule has 2 aromatic rings. The molecule has 0 bridgehead atoms. The molecular weight excluding hydrogens is 357 g/mol. The third-order valence-corrected chi connectivity index (χ3v) is 3.50. The Morgan fingerprint density at radius 2 is 1.75 bits per heavy atom. The molecule has 106 valence electrons. The van der Waals surface area contributed by atoms with Crippen LogP contribution in [-0.4, -0.2) is 0 Å². The zero-order valence-corrected chi connectivity index (χ0v) is 12.3.